The summed E-state index contributed by atoms with van der Waals surface area (Å²) in [5.74, 6) is -0.0543. The van der Waals surface area contributed by atoms with E-state index in [0.717, 1.165) is 10.0 Å². The maximum atomic E-state index is 11.8. The molecule has 0 aliphatic heterocycles. The maximum absolute atomic E-state index is 11.8. The van der Waals surface area contributed by atoms with Crippen LogP contribution in [0.2, 0.25) is 0 Å². The van der Waals surface area contributed by atoms with Gasteiger partial charge in [-0.25, -0.2) is 0 Å². The minimum Gasteiger partial charge on any atom is -0.357 e. The van der Waals surface area contributed by atoms with Crippen LogP contribution in [-0.2, 0) is 13.6 Å². The second-order valence-corrected chi connectivity index (χ2v) is 4.79. The molecular weight excluding hydrogens is 280 g/mol. The number of aryl methyl sites for hydroxylation is 1. The van der Waals surface area contributed by atoms with Gasteiger partial charge >= 0.3 is 0 Å². The Morgan fingerprint density at radius 1 is 1.29 bits per heavy atom. The molecule has 1 heterocycles. The molecule has 1 amide bonds. The zero-order chi connectivity index (χ0) is 12.3. The molecule has 0 radical (unpaired) electrons. The summed E-state index contributed by atoms with van der Waals surface area (Å²) in [5, 5.41) is 2.88. The number of carbonyl (C=O) groups excluding carboxylic acids is 1. The highest BCUT2D eigenvalue weighted by atomic mass is 79.9. The van der Waals surface area contributed by atoms with Gasteiger partial charge in [-0.2, -0.15) is 0 Å². The predicted molar refractivity (Wildman–Crippen MR) is 70.7 cm³/mol. The fraction of sp³-hybridized carbons (Fsp3) is 0.154. The fourth-order valence-corrected chi connectivity index (χ4v) is 1.82. The van der Waals surface area contributed by atoms with Crippen molar-refractivity contribution >= 4 is 21.8 Å². The van der Waals surface area contributed by atoms with Crippen LogP contribution in [0.25, 0.3) is 0 Å². The molecule has 2 rings (SSSR count). The first-order chi connectivity index (χ1) is 8.15. The number of carbonyl (C=O) groups is 1. The largest absolute Gasteiger partial charge is 0.357 e. The summed E-state index contributed by atoms with van der Waals surface area (Å²) in [4.78, 5) is 11.8. The lowest BCUT2D eigenvalue weighted by Gasteiger charge is -2.03. The van der Waals surface area contributed by atoms with Crippen molar-refractivity contribution in [2.45, 2.75) is 6.54 Å². The van der Waals surface area contributed by atoms with E-state index < -0.39 is 0 Å². The molecule has 0 aliphatic carbocycles. The molecule has 0 aliphatic rings. The Labute approximate surface area is 109 Å². The summed E-state index contributed by atoms with van der Waals surface area (Å²) in [6.07, 6.45) is 3.95. The van der Waals surface area contributed by atoms with Gasteiger partial charge in [0.05, 0.1) is 0 Å². The Hall–Kier alpha value is -1.55. The Kier molecular flexibility index (Phi) is 3.64. The second kappa shape index (κ2) is 5.19. The first-order valence-corrected chi connectivity index (χ1v) is 6.09. The molecule has 0 spiro atoms. The van der Waals surface area contributed by atoms with Crippen LogP contribution in [0.1, 0.15) is 15.9 Å². The SMILES string of the molecule is Cn1ccc(CNC(=O)c2ccc(Br)cc2)c1. The molecule has 88 valence electrons. The summed E-state index contributed by atoms with van der Waals surface area (Å²) in [6, 6.07) is 9.30. The monoisotopic (exact) mass is 292 g/mol. The van der Waals surface area contributed by atoms with E-state index in [0.29, 0.717) is 12.1 Å². The lowest BCUT2D eigenvalue weighted by molar-refractivity contribution is 0.0951. The topological polar surface area (TPSA) is 34.0 Å². The molecule has 0 saturated heterocycles. The molecule has 0 bridgehead atoms. The molecule has 3 nitrogen and oxygen atoms in total. The summed E-state index contributed by atoms with van der Waals surface area (Å²) < 4.78 is 2.93. The fourth-order valence-electron chi connectivity index (χ4n) is 1.55. The number of hydrogen-bond donors (Lipinski definition) is 1. The normalized spacial score (nSPS) is 10.2. The molecule has 2 aromatic rings. The molecule has 0 atom stereocenters. The van der Waals surface area contributed by atoms with Gasteiger partial charge in [0.2, 0.25) is 0 Å². The number of benzene rings is 1. The molecule has 1 N–H and O–H groups in total. The summed E-state index contributed by atoms with van der Waals surface area (Å²) >= 11 is 3.34. The van der Waals surface area contributed by atoms with Crippen LogP contribution in [0.15, 0.2) is 47.2 Å². The molecular formula is C13H13BrN2O. The number of amides is 1. The third-order valence-corrected chi connectivity index (χ3v) is 2.98. The van der Waals surface area contributed by atoms with E-state index in [1.807, 2.05) is 42.2 Å². The van der Waals surface area contributed by atoms with Crippen molar-refractivity contribution in [3.05, 3.63) is 58.3 Å². The van der Waals surface area contributed by atoms with Crippen molar-refractivity contribution in [1.29, 1.82) is 0 Å². The Morgan fingerprint density at radius 2 is 2.00 bits per heavy atom. The third kappa shape index (κ3) is 3.20. The Morgan fingerprint density at radius 3 is 2.59 bits per heavy atom. The van der Waals surface area contributed by atoms with Crippen molar-refractivity contribution in [1.82, 2.24) is 9.88 Å². The van der Waals surface area contributed by atoms with Crippen LogP contribution in [0.4, 0.5) is 0 Å². The summed E-state index contributed by atoms with van der Waals surface area (Å²) in [7, 11) is 1.96. The molecule has 1 aromatic heterocycles. The molecule has 1 aromatic carbocycles. The third-order valence-electron chi connectivity index (χ3n) is 2.45. The van der Waals surface area contributed by atoms with Gasteiger partial charge in [-0.15, -0.1) is 0 Å². The number of rotatable bonds is 3. The van der Waals surface area contributed by atoms with E-state index in [1.165, 1.54) is 0 Å². The molecule has 4 heteroatoms. The highest BCUT2D eigenvalue weighted by Crippen LogP contribution is 2.10. The van der Waals surface area contributed by atoms with E-state index >= 15 is 0 Å². The average molecular weight is 293 g/mol. The van der Waals surface area contributed by atoms with Gasteiger partial charge in [-0.1, -0.05) is 15.9 Å². The lowest BCUT2D eigenvalue weighted by atomic mass is 10.2. The standard InChI is InChI=1S/C13H13BrN2O/c1-16-7-6-10(9-16)8-15-13(17)11-2-4-12(14)5-3-11/h2-7,9H,8H2,1H3,(H,15,17). The lowest BCUT2D eigenvalue weighted by Crippen LogP contribution is -2.22. The highest BCUT2D eigenvalue weighted by molar-refractivity contribution is 9.10. The van der Waals surface area contributed by atoms with Crippen LogP contribution in [0.5, 0.6) is 0 Å². The van der Waals surface area contributed by atoms with Crippen molar-refractivity contribution in [2.75, 3.05) is 0 Å². The molecule has 17 heavy (non-hydrogen) atoms. The van der Waals surface area contributed by atoms with Gasteiger partial charge in [0.1, 0.15) is 0 Å². The van der Waals surface area contributed by atoms with Crippen LogP contribution >= 0.6 is 15.9 Å². The van der Waals surface area contributed by atoms with Gasteiger partial charge in [0.25, 0.3) is 5.91 Å². The molecule has 0 fully saturated rings. The van der Waals surface area contributed by atoms with E-state index in [4.69, 9.17) is 0 Å². The number of hydrogen-bond acceptors (Lipinski definition) is 1. The van der Waals surface area contributed by atoms with Crippen LogP contribution in [0.3, 0.4) is 0 Å². The van der Waals surface area contributed by atoms with Gasteiger partial charge in [0, 0.05) is 36.0 Å². The van der Waals surface area contributed by atoms with Crippen LogP contribution in [-0.4, -0.2) is 10.5 Å². The minimum absolute atomic E-state index is 0.0543. The minimum atomic E-state index is -0.0543. The summed E-state index contributed by atoms with van der Waals surface area (Å²) in [6.45, 7) is 0.551. The van der Waals surface area contributed by atoms with E-state index in [-0.39, 0.29) is 5.91 Å². The van der Waals surface area contributed by atoms with E-state index in [1.54, 1.807) is 12.1 Å². The van der Waals surface area contributed by atoms with Crippen LogP contribution in [0, 0.1) is 0 Å². The maximum Gasteiger partial charge on any atom is 0.251 e. The van der Waals surface area contributed by atoms with Gasteiger partial charge in [-0.05, 0) is 35.9 Å². The van der Waals surface area contributed by atoms with Crippen molar-refractivity contribution in [2.24, 2.45) is 7.05 Å². The second-order valence-electron chi connectivity index (χ2n) is 3.87. The van der Waals surface area contributed by atoms with E-state index in [9.17, 15) is 4.79 Å². The Balaban J connectivity index is 1.95. The quantitative estimate of drug-likeness (QED) is 0.927. The zero-order valence-electron chi connectivity index (χ0n) is 9.48. The summed E-state index contributed by atoms with van der Waals surface area (Å²) in [5.41, 5.74) is 1.77. The van der Waals surface area contributed by atoms with Gasteiger partial charge < -0.3 is 9.88 Å². The number of aromatic nitrogens is 1. The smallest absolute Gasteiger partial charge is 0.251 e. The zero-order valence-corrected chi connectivity index (χ0v) is 11.1. The molecule has 0 unspecified atom stereocenters. The van der Waals surface area contributed by atoms with Gasteiger partial charge in [0.15, 0.2) is 0 Å². The Bertz CT molecular complexity index is 516. The number of nitrogens with zero attached hydrogens (tertiary/aromatic N) is 1. The first-order valence-electron chi connectivity index (χ1n) is 5.30. The molecule has 0 saturated carbocycles. The van der Waals surface area contributed by atoms with Gasteiger partial charge in [-0.3, -0.25) is 4.79 Å². The van der Waals surface area contributed by atoms with Crippen molar-refractivity contribution < 1.29 is 4.79 Å². The predicted octanol–water partition coefficient (Wildman–Crippen LogP) is 2.72. The highest BCUT2D eigenvalue weighted by Gasteiger charge is 2.04. The van der Waals surface area contributed by atoms with Crippen molar-refractivity contribution in [3.63, 3.8) is 0 Å². The first kappa shape index (κ1) is 11.9. The van der Waals surface area contributed by atoms with Crippen molar-refractivity contribution in [3.8, 4) is 0 Å². The van der Waals surface area contributed by atoms with Crippen LogP contribution < -0.4 is 5.32 Å². The number of nitrogens with one attached hydrogen (secondary N) is 1. The average Bonchev–Trinajstić information content (AvgIpc) is 2.73. The number of halogens is 1. The van der Waals surface area contributed by atoms with E-state index in [2.05, 4.69) is 21.2 Å².